The van der Waals surface area contributed by atoms with E-state index in [1.807, 2.05) is 13.8 Å². The van der Waals surface area contributed by atoms with Crippen LogP contribution in [0.5, 0.6) is 0 Å². The molecule has 0 saturated heterocycles. The van der Waals surface area contributed by atoms with Crippen molar-refractivity contribution in [3.8, 4) is 0 Å². The maximum Gasteiger partial charge on any atom is 0.165 e. The first-order valence-corrected chi connectivity index (χ1v) is 4.98. The van der Waals surface area contributed by atoms with Crippen molar-refractivity contribution in [3.63, 3.8) is 0 Å². The molecule has 0 radical (unpaired) electrons. The zero-order valence-electron chi connectivity index (χ0n) is 8.51. The van der Waals surface area contributed by atoms with Gasteiger partial charge >= 0.3 is 0 Å². The van der Waals surface area contributed by atoms with Crippen molar-refractivity contribution < 1.29 is 9.53 Å². The van der Waals surface area contributed by atoms with Gasteiger partial charge in [0.25, 0.3) is 0 Å². The minimum atomic E-state index is -0.324. The average Bonchev–Trinajstić information content (AvgIpc) is 2.44. The number of Topliss-reactive ketones (excluding diaryl/α,β-unsaturated/α-hetero) is 1. The number of nitrogens with two attached hydrogens (primary N) is 1. The largest absolute Gasteiger partial charge is 0.374 e. The number of rotatable bonds is 4. The van der Waals surface area contributed by atoms with Crippen molar-refractivity contribution in [2.24, 2.45) is 11.1 Å². The van der Waals surface area contributed by atoms with Gasteiger partial charge in [-0.3, -0.25) is 4.79 Å². The lowest BCUT2D eigenvalue weighted by Gasteiger charge is -2.26. The van der Waals surface area contributed by atoms with Gasteiger partial charge in [-0.15, -0.1) is 0 Å². The van der Waals surface area contributed by atoms with E-state index >= 15 is 0 Å². The first-order chi connectivity index (χ1) is 6.11. The first-order valence-electron chi connectivity index (χ1n) is 4.98. The fourth-order valence-electron chi connectivity index (χ4n) is 1.90. The summed E-state index contributed by atoms with van der Waals surface area (Å²) in [6.45, 7) is 4.67. The lowest BCUT2D eigenvalue weighted by atomic mass is 9.81. The van der Waals surface area contributed by atoms with E-state index < -0.39 is 0 Å². The van der Waals surface area contributed by atoms with Gasteiger partial charge < -0.3 is 10.5 Å². The van der Waals surface area contributed by atoms with Crippen LogP contribution >= 0.6 is 0 Å². The molecule has 3 heteroatoms. The SMILES string of the molecule is CCOCC(=O)C1(C)CCCC1N. The van der Waals surface area contributed by atoms with Crippen LogP contribution in [0.3, 0.4) is 0 Å². The maximum atomic E-state index is 11.7. The van der Waals surface area contributed by atoms with Crippen molar-refractivity contribution in [2.45, 2.75) is 39.2 Å². The molecule has 13 heavy (non-hydrogen) atoms. The summed E-state index contributed by atoms with van der Waals surface area (Å²) in [4.78, 5) is 11.7. The van der Waals surface area contributed by atoms with E-state index in [0.29, 0.717) is 6.61 Å². The van der Waals surface area contributed by atoms with Crippen LogP contribution in [-0.2, 0) is 9.53 Å². The highest BCUT2D eigenvalue weighted by Gasteiger charge is 2.42. The van der Waals surface area contributed by atoms with Crippen molar-refractivity contribution in [2.75, 3.05) is 13.2 Å². The topological polar surface area (TPSA) is 52.3 Å². The highest BCUT2D eigenvalue weighted by Crippen LogP contribution is 2.37. The molecule has 1 rings (SSSR count). The molecular weight excluding hydrogens is 166 g/mol. The Morgan fingerprint density at radius 3 is 2.85 bits per heavy atom. The highest BCUT2D eigenvalue weighted by molar-refractivity contribution is 5.86. The van der Waals surface area contributed by atoms with E-state index in [0.717, 1.165) is 19.3 Å². The summed E-state index contributed by atoms with van der Waals surface area (Å²) in [6.07, 6.45) is 2.95. The number of carbonyl (C=O) groups is 1. The van der Waals surface area contributed by atoms with E-state index in [1.165, 1.54) is 0 Å². The van der Waals surface area contributed by atoms with Crippen molar-refractivity contribution in [3.05, 3.63) is 0 Å². The van der Waals surface area contributed by atoms with Gasteiger partial charge in [-0.2, -0.15) is 0 Å². The van der Waals surface area contributed by atoms with Crippen molar-refractivity contribution in [1.29, 1.82) is 0 Å². The van der Waals surface area contributed by atoms with Crippen LogP contribution in [0.15, 0.2) is 0 Å². The number of carbonyl (C=O) groups excluding carboxylic acids is 1. The molecule has 76 valence electrons. The number of hydrogen-bond donors (Lipinski definition) is 1. The van der Waals surface area contributed by atoms with Crippen LogP contribution < -0.4 is 5.73 Å². The van der Waals surface area contributed by atoms with Gasteiger partial charge in [0.2, 0.25) is 0 Å². The minimum Gasteiger partial charge on any atom is -0.374 e. The lowest BCUT2D eigenvalue weighted by Crippen LogP contribution is -2.42. The minimum absolute atomic E-state index is 0.0282. The Hall–Kier alpha value is -0.410. The van der Waals surface area contributed by atoms with E-state index in [9.17, 15) is 4.79 Å². The lowest BCUT2D eigenvalue weighted by molar-refractivity contribution is -0.132. The Morgan fingerprint density at radius 1 is 1.69 bits per heavy atom. The van der Waals surface area contributed by atoms with Crippen molar-refractivity contribution >= 4 is 5.78 Å². The fourth-order valence-corrected chi connectivity index (χ4v) is 1.90. The molecule has 0 heterocycles. The van der Waals surface area contributed by atoms with Gasteiger partial charge in [-0.25, -0.2) is 0 Å². The fraction of sp³-hybridized carbons (Fsp3) is 0.900. The normalized spacial score (nSPS) is 33.6. The second kappa shape index (κ2) is 4.20. The molecule has 1 saturated carbocycles. The van der Waals surface area contributed by atoms with Gasteiger partial charge in [-0.05, 0) is 19.8 Å². The Balaban J connectivity index is 2.53. The molecule has 2 unspecified atom stereocenters. The molecular formula is C10H19NO2. The molecule has 0 aromatic heterocycles. The van der Waals surface area contributed by atoms with Crippen LogP contribution in [-0.4, -0.2) is 25.0 Å². The molecule has 2 N–H and O–H groups in total. The molecule has 0 spiro atoms. The number of hydrogen-bond acceptors (Lipinski definition) is 3. The van der Waals surface area contributed by atoms with Crippen LogP contribution in [0.25, 0.3) is 0 Å². The van der Waals surface area contributed by atoms with Crippen molar-refractivity contribution in [1.82, 2.24) is 0 Å². The molecule has 3 nitrogen and oxygen atoms in total. The van der Waals surface area contributed by atoms with E-state index in [2.05, 4.69) is 0 Å². The Bertz CT molecular complexity index is 193. The molecule has 0 aliphatic heterocycles. The number of ether oxygens (including phenoxy) is 1. The summed E-state index contributed by atoms with van der Waals surface area (Å²) in [7, 11) is 0. The van der Waals surface area contributed by atoms with Crippen LogP contribution in [0.2, 0.25) is 0 Å². The molecule has 1 fully saturated rings. The van der Waals surface area contributed by atoms with Gasteiger partial charge in [0, 0.05) is 18.1 Å². The zero-order chi connectivity index (χ0) is 9.90. The molecule has 1 aliphatic carbocycles. The summed E-state index contributed by atoms with van der Waals surface area (Å²) in [6, 6.07) is 0.0282. The number of ketones is 1. The molecule has 1 aliphatic rings. The highest BCUT2D eigenvalue weighted by atomic mass is 16.5. The summed E-state index contributed by atoms with van der Waals surface area (Å²) < 4.78 is 5.12. The van der Waals surface area contributed by atoms with Crippen LogP contribution in [0.4, 0.5) is 0 Å². The van der Waals surface area contributed by atoms with E-state index in [-0.39, 0.29) is 23.8 Å². The summed E-state index contributed by atoms with van der Waals surface area (Å²) >= 11 is 0. The summed E-state index contributed by atoms with van der Waals surface area (Å²) in [5.41, 5.74) is 5.59. The van der Waals surface area contributed by atoms with E-state index in [1.54, 1.807) is 0 Å². The third-order valence-corrected chi connectivity index (χ3v) is 3.10. The van der Waals surface area contributed by atoms with Gasteiger partial charge in [0.1, 0.15) is 6.61 Å². The average molecular weight is 185 g/mol. The summed E-state index contributed by atoms with van der Waals surface area (Å²) in [5, 5.41) is 0. The molecule has 0 bridgehead atoms. The quantitative estimate of drug-likeness (QED) is 0.713. The van der Waals surface area contributed by atoms with Crippen LogP contribution in [0.1, 0.15) is 33.1 Å². The zero-order valence-corrected chi connectivity index (χ0v) is 8.51. The summed E-state index contributed by atoms with van der Waals surface area (Å²) in [5.74, 6) is 0.166. The molecule has 0 amide bonds. The predicted octanol–water partition coefficient (Wildman–Crippen LogP) is 1.11. The predicted molar refractivity (Wildman–Crippen MR) is 51.4 cm³/mol. The standard InChI is InChI=1S/C10H19NO2/c1-3-13-7-9(12)10(2)6-4-5-8(10)11/h8H,3-7,11H2,1-2H3. The monoisotopic (exact) mass is 185 g/mol. The second-order valence-corrected chi connectivity index (χ2v) is 3.98. The van der Waals surface area contributed by atoms with Gasteiger partial charge in [0.15, 0.2) is 5.78 Å². The molecule has 0 aromatic rings. The molecule has 2 atom stereocenters. The maximum absolute atomic E-state index is 11.7. The Labute approximate surface area is 79.6 Å². The molecule has 0 aromatic carbocycles. The smallest absolute Gasteiger partial charge is 0.165 e. The van der Waals surface area contributed by atoms with Gasteiger partial charge in [0.05, 0.1) is 0 Å². The third-order valence-electron chi connectivity index (χ3n) is 3.10. The van der Waals surface area contributed by atoms with Gasteiger partial charge in [-0.1, -0.05) is 13.3 Å². The first kappa shape index (κ1) is 10.7. The Kier molecular flexibility index (Phi) is 3.45. The van der Waals surface area contributed by atoms with E-state index in [4.69, 9.17) is 10.5 Å². The Morgan fingerprint density at radius 2 is 2.38 bits per heavy atom. The van der Waals surface area contributed by atoms with Crippen LogP contribution in [0, 0.1) is 5.41 Å². The third kappa shape index (κ3) is 2.09. The second-order valence-electron chi connectivity index (χ2n) is 3.98.